The predicted octanol–water partition coefficient (Wildman–Crippen LogP) is 3.46. The van der Waals surface area contributed by atoms with Gasteiger partial charge in [-0.15, -0.1) is 0 Å². The monoisotopic (exact) mass is 312 g/mol. The molecule has 0 saturated heterocycles. The lowest BCUT2D eigenvalue weighted by Crippen LogP contribution is -2.26. The van der Waals surface area contributed by atoms with E-state index in [0.717, 1.165) is 6.42 Å². The number of benzene rings is 1. The zero-order chi connectivity index (χ0) is 16.8. The van der Waals surface area contributed by atoms with Crippen molar-refractivity contribution >= 4 is 5.88 Å². The van der Waals surface area contributed by atoms with Crippen LogP contribution in [0.3, 0.4) is 0 Å². The second-order valence-corrected chi connectivity index (χ2v) is 6.27. The van der Waals surface area contributed by atoms with E-state index in [1.54, 1.807) is 0 Å². The van der Waals surface area contributed by atoms with Crippen LogP contribution in [0, 0.1) is 17.2 Å². The van der Waals surface area contributed by atoms with E-state index < -0.39 is 0 Å². The fraction of sp³-hybridized carbons (Fsp3) is 0.444. The van der Waals surface area contributed by atoms with Crippen LogP contribution < -0.4 is 5.32 Å². The van der Waals surface area contributed by atoms with Gasteiger partial charge < -0.3 is 14.6 Å². The minimum atomic E-state index is 0.182. The van der Waals surface area contributed by atoms with Gasteiger partial charge in [-0.05, 0) is 25.6 Å². The van der Waals surface area contributed by atoms with E-state index in [0.29, 0.717) is 29.9 Å². The van der Waals surface area contributed by atoms with Gasteiger partial charge in [-0.3, -0.25) is 0 Å². The van der Waals surface area contributed by atoms with E-state index in [-0.39, 0.29) is 6.04 Å². The quantitative estimate of drug-likeness (QED) is 0.848. The maximum absolute atomic E-state index is 9.23. The van der Waals surface area contributed by atoms with Crippen molar-refractivity contribution in [2.24, 2.45) is 5.92 Å². The van der Waals surface area contributed by atoms with Crippen LogP contribution in [-0.2, 0) is 6.42 Å². The van der Waals surface area contributed by atoms with Crippen molar-refractivity contribution < 1.29 is 4.42 Å². The SMILES string of the molecule is CC(C)Cc1nc(C#N)c(NC[C@H](c2ccccc2)N(C)C)o1. The summed E-state index contributed by atoms with van der Waals surface area (Å²) in [6.07, 6.45) is 0.728. The molecule has 0 saturated carbocycles. The number of hydrogen-bond acceptors (Lipinski definition) is 5. The number of oxazole rings is 1. The maximum Gasteiger partial charge on any atom is 0.232 e. The fourth-order valence-corrected chi connectivity index (χ4v) is 2.46. The Kier molecular flexibility index (Phi) is 5.78. The molecule has 0 amide bonds. The molecule has 1 heterocycles. The number of nitriles is 1. The molecular weight excluding hydrogens is 288 g/mol. The van der Waals surface area contributed by atoms with Crippen molar-refractivity contribution in [2.75, 3.05) is 26.0 Å². The normalized spacial score (nSPS) is 12.4. The minimum absolute atomic E-state index is 0.182. The summed E-state index contributed by atoms with van der Waals surface area (Å²) in [7, 11) is 4.07. The third-order valence-electron chi connectivity index (χ3n) is 3.62. The molecule has 1 atom stereocenters. The zero-order valence-electron chi connectivity index (χ0n) is 14.2. The molecule has 5 nitrogen and oxygen atoms in total. The van der Waals surface area contributed by atoms with Crippen molar-refractivity contribution in [1.29, 1.82) is 5.26 Å². The number of aromatic nitrogens is 1. The van der Waals surface area contributed by atoms with Gasteiger partial charge in [-0.25, -0.2) is 4.98 Å². The highest BCUT2D eigenvalue weighted by Crippen LogP contribution is 2.22. The summed E-state index contributed by atoms with van der Waals surface area (Å²) in [4.78, 5) is 6.40. The average molecular weight is 312 g/mol. The molecule has 0 aliphatic heterocycles. The predicted molar refractivity (Wildman–Crippen MR) is 91.1 cm³/mol. The van der Waals surface area contributed by atoms with Gasteiger partial charge in [-0.2, -0.15) is 5.26 Å². The van der Waals surface area contributed by atoms with Crippen LogP contribution in [0.5, 0.6) is 0 Å². The highest BCUT2D eigenvalue weighted by Gasteiger charge is 2.18. The van der Waals surface area contributed by atoms with E-state index in [4.69, 9.17) is 4.42 Å². The number of nitrogens with one attached hydrogen (secondary N) is 1. The van der Waals surface area contributed by atoms with E-state index in [2.05, 4.69) is 47.3 Å². The third-order valence-corrected chi connectivity index (χ3v) is 3.62. The molecule has 2 rings (SSSR count). The fourth-order valence-electron chi connectivity index (χ4n) is 2.46. The Bertz CT molecular complexity index is 655. The van der Waals surface area contributed by atoms with Crippen LogP contribution in [0.4, 0.5) is 5.88 Å². The average Bonchev–Trinajstić information content (AvgIpc) is 2.89. The highest BCUT2D eigenvalue weighted by atomic mass is 16.4. The zero-order valence-corrected chi connectivity index (χ0v) is 14.2. The van der Waals surface area contributed by atoms with E-state index in [1.807, 2.05) is 32.3 Å². The van der Waals surface area contributed by atoms with Crippen molar-refractivity contribution in [3.8, 4) is 6.07 Å². The first-order chi connectivity index (χ1) is 11.0. The van der Waals surface area contributed by atoms with Crippen LogP contribution in [0.25, 0.3) is 0 Å². The van der Waals surface area contributed by atoms with Crippen molar-refractivity contribution in [3.05, 3.63) is 47.5 Å². The number of likely N-dealkylation sites (N-methyl/N-ethyl adjacent to an activating group) is 1. The molecule has 2 aromatic rings. The number of anilines is 1. The molecule has 1 aromatic carbocycles. The summed E-state index contributed by atoms with van der Waals surface area (Å²) in [5.74, 6) is 1.51. The molecule has 0 radical (unpaired) electrons. The van der Waals surface area contributed by atoms with Crippen LogP contribution in [-0.4, -0.2) is 30.5 Å². The second-order valence-electron chi connectivity index (χ2n) is 6.27. The molecule has 1 aromatic heterocycles. The van der Waals surface area contributed by atoms with Crippen molar-refractivity contribution in [2.45, 2.75) is 26.3 Å². The largest absolute Gasteiger partial charge is 0.424 e. The number of nitrogens with zero attached hydrogens (tertiary/aromatic N) is 3. The van der Waals surface area contributed by atoms with Crippen molar-refractivity contribution in [1.82, 2.24) is 9.88 Å². The summed E-state index contributed by atoms with van der Waals surface area (Å²) in [6.45, 7) is 4.84. The Morgan fingerprint density at radius 1 is 1.26 bits per heavy atom. The molecule has 122 valence electrons. The van der Waals surface area contributed by atoms with Gasteiger partial charge in [0.25, 0.3) is 0 Å². The molecular formula is C18H24N4O. The van der Waals surface area contributed by atoms with E-state index in [9.17, 15) is 5.26 Å². The number of rotatable bonds is 7. The summed E-state index contributed by atoms with van der Waals surface area (Å²) in [5, 5.41) is 12.5. The van der Waals surface area contributed by atoms with Gasteiger partial charge in [0.2, 0.25) is 11.6 Å². The Morgan fingerprint density at radius 2 is 1.96 bits per heavy atom. The Morgan fingerprint density at radius 3 is 2.52 bits per heavy atom. The van der Waals surface area contributed by atoms with Gasteiger partial charge in [0.05, 0.1) is 6.04 Å². The van der Waals surface area contributed by atoms with Crippen LogP contribution in [0.1, 0.15) is 37.0 Å². The molecule has 0 unspecified atom stereocenters. The Labute approximate surface area is 137 Å². The lowest BCUT2D eigenvalue weighted by Gasteiger charge is -2.24. The minimum Gasteiger partial charge on any atom is -0.424 e. The molecule has 1 N–H and O–H groups in total. The van der Waals surface area contributed by atoms with Gasteiger partial charge in [0.15, 0.2) is 5.89 Å². The molecule has 0 fully saturated rings. The topological polar surface area (TPSA) is 65.1 Å². The summed E-state index contributed by atoms with van der Waals surface area (Å²) < 4.78 is 5.72. The van der Waals surface area contributed by atoms with Crippen molar-refractivity contribution in [3.63, 3.8) is 0 Å². The van der Waals surface area contributed by atoms with E-state index >= 15 is 0 Å². The van der Waals surface area contributed by atoms with Gasteiger partial charge in [0, 0.05) is 13.0 Å². The molecule has 0 spiro atoms. The summed E-state index contributed by atoms with van der Waals surface area (Å²) >= 11 is 0. The van der Waals surface area contributed by atoms with Gasteiger partial charge in [0.1, 0.15) is 6.07 Å². The Balaban J connectivity index is 2.12. The molecule has 0 aliphatic rings. The molecule has 0 bridgehead atoms. The highest BCUT2D eigenvalue weighted by molar-refractivity contribution is 5.45. The first-order valence-electron chi connectivity index (χ1n) is 7.86. The van der Waals surface area contributed by atoms with Gasteiger partial charge in [-0.1, -0.05) is 44.2 Å². The first-order valence-corrected chi connectivity index (χ1v) is 7.86. The van der Waals surface area contributed by atoms with Gasteiger partial charge >= 0.3 is 0 Å². The Hall–Kier alpha value is -2.32. The first kappa shape index (κ1) is 17.0. The van der Waals surface area contributed by atoms with Crippen LogP contribution in [0.15, 0.2) is 34.7 Å². The van der Waals surface area contributed by atoms with Crippen LogP contribution >= 0.6 is 0 Å². The maximum atomic E-state index is 9.23. The van der Waals surface area contributed by atoms with E-state index in [1.165, 1.54) is 5.56 Å². The summed E-state index contributed by atoms with van der Waals surface area (Å²) in [5.41, 5.74) is 1.54. The lowest BCUT2D eigenvalue weighted by molar-refractivity contribution is 0.310. The van der Waals surface area contributed by atoms with Crippen LogP contribution in [0.2, 0.25) is 0 Å². The number of hydrogen-bond donors (Lipinski definition) is 1. The standard InChI is InChI=1S/C18H24N4O/c1-13(2)10-17-21-15(11-19)18(23-17)20-12-16(22(3)4)14-8-6-5-7-9-14/h5-9,13,16,20H,10,12H2,1-4H3/t16-/m1/s1. The molecule has 5 heteroatoms. The third kappa shape index (κ3) is 4.57. The molecule has 0 aliphatic carbocycles. The summed E-state index contributed by atoms with van der Waals surface area (Å²) in [6, 6.07) is 12.5. The lowest BCUT2D eigenvalue weighted by atomic mass is 10.1. The second kappa shape index (κ2) is 7.80. The smallest absolute Gasteiger partial charge is 0.232 e. The molecule has 23 heavy (non-hydrogen) atoms.